The van der Waals surface area contributed by atoms with Gasteiger partial charge >= 0.3 is 0 Å². The molecule has 0 aromatic rings. The number of fused-ring (bicyclic) bond motifs is 2. The van der Waals surface area contributed by atoms with Gasteiger partial charge in [0.25, 0.3) is 0 Å². The Morgan fingerprint density at radius 1 is 0.650 bits per heavy atom. The van der Waals surface area contributed by atoms with Crippen LogP contribution in [0.4, 0.5) is 0 Å². The van der Waals surface area contributed by atoms with Crippen LogP contribution in [0.3, 0.4) is 0 Å². The average Bonchev–Trinajstić information content (AvgIpc) is 3.05. The molecule has 4 fully saturated rings. The third-order valence-corrected chi connectivity index (χ3v) is 4.48. The van der Waals surface area contributed by atoms with Crippen molar-refractivity contribution in [1.29, 1.82) is 0 Å². The van der Waals surface area contributed by atoms with Crippen LogP contribution in [-0.2, 0) is 18.9 Å². The van der Waals surface area contributed by atoms with Crippen molar-refractivity contribution in [3.8, 4) is 0 Å². The van der Waals surface area contributed by atoms with Crippen LogP contribution in [0.1, 0.15) is 25.7 Å². The summed E-state index contributed by atoms with van der Waals surface area (Å²) < 4.78 is 21.0. The van der Waals surface area contributed by atoms with E-state index >= 15 is 0 Å². The third-order valence-electron chi connectivity index (χ3n) is 4.48. The van der Waals surface area contributed by atoms with Crippen LogP contribution in [-0.4, -0.2) is 61.4 Å². The van der Waals surface area contributed by atoms with Crippen LogP contribution in [0.5, 0.6) is 0 Å². The molecule has 0 amide bonds. The van der Waals surface area contributed by atoms with Gasteiger partial charge in [0.1, 0.15) is 0 Å². The standard InChI is InChI=1S/2C7H12O3/c2*8-6-4-10-7-5(6)2-1-3-9-7/h2*5-8H,1-4H2/t2*5-,6-,7+/m10/s1. The van der Waals surface area contributed by atoms with Gasteiger partial charge in [-0.1, -0.05) is 0 Å². The molecule has 4 heterocycles. The quantitative estimate of drug-likeness (QED) is 0.666. The monoisotopic (exact) mass is 288 g/mol. The maximum absolute atomic E-state index is 9.32. The highest BCUT2D eigenvalue weighted by molar-refractivity contribution is 4.81. The van der Waals surface area contributed by atoms with Gasteiger partial charge < -0.3 is 29.2 Å². The van der Waals surface area contributed by atoms with E-state index in [2.05, 4.69) is 0 Å². The Kier molecular flexibility index (Phi) is 4.91. The van der Waals surface area contributed by atoms with E-state index in [1.54, 1.807) is 0 Å². The van der Waals surface area contributed by atoms with Crippen LogP contribution in [0, 0.1) is 11.8 Å². The molecular formula is C14H24O6. The van der Waals surface area contributed by atoms with Crippen molar-refractivity contribution in [3.05, 3.63) is 0 Å². The molecule has 0 radical (unpaired) electrons. The van der Waals surface area contributed by atoms with E-state index in [1.807, 2.05) is 0 Å². The van der Waals surface area contributed by atoms with Crippen molar-refractivity contribution < 1.29 is 29.2 Å². The highest BCUT2D eigenvalue weighted by Gasteiger charge is 2.39. The SMILES string of the molecule is O[C@@H]1CO[C@@H]2OCCC[C@@H]21.O[C@H]1CO[C@H]2OCCC[C@H]21. The molecule has 4 aliphatic rings. The van der Waals surface area contributed by atoms with Gasteiger partial charge in [0.05, 0.1) is 25.4 Å². The van der Waals surface area contributed by atoms with Crippen molar-refractivity contribution in [2.75, 3.05) is 26.4 Å². The minimum atomic E-state index is -0.287. The lowest BCUT2D eigenvalue weighted by atomic mass is 9.97. The summed E-state index contributed by atoms with van der Waals surface area (Å²) in [6, 6.07) is 0. The Labute approximate surface area is 119 Å². The van der Waals surface area contributed by atoms with Crippen LogP contribution in [0.15, 0.2) is 0 Å². The summed E-state index contributed by atoms with van der Waals surface area (Å²) in [5, 5.41) is 18.6. The molecule has 6 nitrogen and oxygen atoms in total. The largest absolute Gasteiger partial charge is 0.390 e. The molecular weight excluding hydrogens is 264 g/mol. The smallest absolute Gasteiger partial charge is 0.163 e. The number of rotatable bonds is 0. The first-order valence-electron chi connectivity index (χ1n) is 7.58. The Bertz CT molecular complexity index is 278. The van der Waals surface area contributed by atoms with E-state index in [-0.39, 0.29) is 36.6 Å². The zero-order valence-corrected chi connectivity index (χ0v) is 11.6. The fourth-order valence-corrected chi connectivity index (χ4v) is 3.28. The van der Waals surface area contributed by atoms with Gasteiger partial charge in [0.2, 0.25) is 0 Å². The fourth-order valence-electron chi connectivity index (χ4n) is 3.28. The lowest BCUT2D eigenvalue weighted by Crippen LogP contribution is -2.30. The predicted molar refractivity (Wildman–Crippen MR) is 68.8 cm³/mol. The summed E-state index contributed by atoms with van der Waals surface area (Å²) in [5.74, 6) is 0.488. The zero-order chi connectivity index (χ0) is 13.9. The molecule has 116 valence electrons. The topological polar surface area (TPSA) is 77.4 Å². The molecule has 0 aromatic heterocycles. The van der Waals surface area contributed by atoms with Crippen molar-refractivity contribution in [1.82, 2.24) is 0 Å². The van der Waals surface area contributed by atoms with E-state index in [9.17, 15) is 10.2 Å². The number of hydrogen-bond donors (Lipinski definition) is 2. The molecule has 0 bridgehead atoms. The number of aliphatic hydroxyl groups excluding tert-OH is 2. The highest BCUT2D eigenvalue weighted by atomic mass is 16.7. The molecule has 2 N–H and O–H groups in total. The highest BCUT2D eigenvalue weighted by Crippen LogP contribution is 2.31. The van der Waals surface area contributed by atoms with Gasteiger partial charge in [0, 0.05) is 25.0 Å². The minimum Gasteiger partial charge on any atom is -0.390 e. The van der Waals surface area contributed by atoms with Crippen molar-refractivity contribution in [2.45, 2.75) is 50.5 Å². The maximum atomic E-state index is 9.32. The van der Waals surface area contributed by atoms with Gasteiger partial charge in [-0.05, 0) is 25.7 Å². The van der Waals surface area contributed by atoms with Gasteiger partial charge in [-0.15, -0.1) is 0 Å². The third kappa shape index (κ3) is 3.16. The average molecular weight is 288 g/mol. The van der Waals surface area contributed by atoms with Gasteiger partial charge in [-0.3, -0.25) is 0 Å². The van der Waals surface area contributed by atoms with Crippen molar-refractivity contribution >= 4 is 0 Å². The summed E-state index contributed by atoms with van der Waals surface area (Å²) in [5.41, 5.74) is 0. The molecule has 0 aliphatic carbocycles. The first kappa shape index (κ1) is 14.7. The van der Waals surface area contributed by atoms with Gasteiger partial charge in [0.15, 0.2) is 12.6 Å². The van der Waals surface area contributed by atoms with Crippen LogP contribution in [0.25, 0.3) is 0 Å². The number of ether oxygens (including phenoxy) is 4. The van der Waals surface area contributed by atoms with Crippen molar-refractivity contribution in [3.63, 3.8) is 0 Å². The molecule has 0 spiro atoms. The second-order valence-corrected chi connectivity index (χ2v) is 5.89. The lowest BCUT2D eigenvalue weighted by molar-refractivity contribution is -0.152. The normalized spacial score (nSPS) is 47.1. The first-order valence-corrected chi connectivity index (χ1v) is 7.58. The molecule has 0 aromatic carbocycles. The van der Waals surface area contributed by atoms with E-state index in [1.165, 1.54) is 0 Å². The van der Waals surface area contributed by atoms with E-state index in [0.29, 0.717) is 13.2 Å². The fraction of sp³-hybridized carbons (Fsp3) is 1.00. The number of aliphatic hydroxyl groups is 2. The summed E-state index contributed by atoms with van der Waals surface area (Å²) in [4.78, 5) is 0. The minimum absolute atomic E-state index is 0.108. The van der Waals surface area contributed by atoms with Crippen LogP contribution < -0.4 is 0 Å². The summed E-state index contributed by atoms with van der Waals surface area (Å²) in [6.07, 6.45) is 3.42. The Morgan fingerprint density at radius 2 is 1.10 bits per heavy atom. The molecule has 4 aliphatic heterocycles. The maximum Gasteiger partial charge on any atom is 0.163 e. The molecule has 4 rings (SSSR count). The Balaban J connectivity index is 0.000000121. The first-order chi connectivity index (χ1) is 9.75. The summed E-state index contributed by atoms with van der Waals surface area (Å²) in [6.45, 7) is 2.48. The molecule has 6 atom stereocenters. The Morgan fingerprint density at radius 3 is 1.50 bits per heavy atom. The second kappa shape index (κ2) is 6.68. The van der Waals surface area contributed by atoms with E-state index < -0.39 is 0 Å². The predicted octanol–water partition coefficient (Wildman–Crippen LogP) is 0.260. The second-order valence-electron chi connectivity index (χ2n) is 5.89. The van der Waals surface area contributed by atoms with E-state index in [0.717, 1.165) is 38.9 Å². The molecule has 20 heavy (non-hydrogen) atoms. The van der Waals surface area contributed by atoms with Gasteiger partial charge in [-0.2, -0.15) is 0 Å². The van der Waals surface area contributed by atoms with Crippen molar-refractivity contribution in [2.24, 2.45) is 11.8 Å². The van der Waals surface area contributed by atoms with E-state index in [4.69, 9.17) is 18.9 Å². The number of hydrogen-bond acceptors (Lipinski definition) is 6. The summed E-state index contributed by atoms with van der Waals surface area (Å²) >= 11 is 0. The lowest BCUT2D eigenvalue weighted by Gasteiger charge is -2.25. The van der Waals surface area contributed by atoms with Crippen LogP contribution >= 0.6 is 0 Å². The molecule has 0 unspecified atom stereocenters. The molecule has 0 saturated carbocycles. The molecule has 6 heteroatoms. The molecule has 4 saturated heterocycles. The summed E-state index contributed by atoms with van der Waals surface area (Å²) in [7, 11) is 0. The van der Waals surface area contributed by atoms with Gasteiger partial charge in [-0.25, -0.2) is 0 Å². The Hall–Kier alpha value is -0.240. The zero-order valence-electron chi connectivity index (χ0n) is 11.6. The van der Waals surface area contributed by atoms with Crippen LogP contribution in [0.2, 0.25) is 0 Å².